The molecule has 16 aromatic rings. The van der Waals surface area contributed by atoms with E-state index in [1.165, 1.54) is 64.6 Å². The molecule has 0 saturated heterocycles. The van der Waals surface area contributed by atoms with Crippen molar-refractivity contribution in [2.45, 2.75) is 12.1 Å². The van der Waals surface area contributed by atoms with Crippen molar-refractivity contribution in [2.75, 3.05) is 4.90 Å². The van der Waals surface area contributed by atoms with Gasteiger partial charge in [0.1, 0.15) is 11.7 Å². The first-order chi connectivity index (χ1) is 41.6. The van der Waals surface area contributed by atoms with E-state index in [9.17, 15) is 0 Å². The van der Waals surface area contributed by atoms with Gasteiger partial charge in [0.05, 0.1) is 34.3 Å². The highest BCUT2D eigenvalue weighted by molar-refractivity contribution is 6.28. The van der Waals surface area contributed by atoms with E-state index >= 15 is 0 Å². The summed E-state index contributed by atoms with van der Waals surface area (Å²) in [4.78, 5) is 24.4. The van der Waals surface area contributed by atoms with Crippen LogP contribution < -0.4 is 4.90 Å². The molecule has 2 unspecified atom stereocenters. The number of benzene rings is 14. The van der Waals surface area contributed by atoms with E-state index in [0.29, 0.717) is 5.82 Å². The van der Waals surface area contributed by atoms with Crippen LogP contribution in [0, 0.1) is 0 Å². The van der Waals surface area contributed by atoms with E-state index < -0.39 is 0 Å². The molecule has 2 aliphatic rings. The van der Waals surface area contributed by atoms with Crippen LogP contribution in [0.1, 0.15) is 5.56 Å². The standard InChI is InChI=1S/C78H48N6/c1-3-13-55(14-4-1)77-79-66-21-7-9-23-68(66)83(77)58-37-29-53(30-38-58)74-65-46-57(60-41-33-51-27-25-47-17-11-19-49-35-43-62(60)72(51)70(47)49)45-64(61-42-34-52-28-26-48-18-12-20-50-36-44-63(61)73(52)71(48)50)75(65)82-76(81-74)54-31-39-59(40-32-54)84-69-24-10-8-22-67(69)80-78(84)56-15-5-2-6-16-56/h1-46,66,68H. The van der Waals surface area contributed by atoms with Gasteiger partial charge in [0.25, 0.3) is 0 Å². The maximum atomic E-state index is 5.79. The Bertz CT molecular complexity index is 5400. The smallest absolute Gasteiger partial charge is 0.160 e. The van der Waals surface area contributed by atoms with Crippen LogP contribution in [-0.4, -0.2) is 37.4 Å². The third-order valence-corrected chi connectivity index (χ3v) is 17.8. The minimum absolute atomic E-state index is 0.0124. The fourth-order valence-corrected chi connectivity index (χ4v) is 13.9. The number of anilines is 1. The van der Waals surface area contributed by atoms with Gasteiger partial charge >= 0.3 is 0 Å². The maximum absolute atomic E-state index is 5.79. The summed E-state index contributed by atoms with van der Waals surface area (Å²) in [6, 6.07) is 92.6. The molecule has 18 rings (SSSR count). The molecule has 2 atom stereocenters. The van der Waals surface area contributed by atoms with E-state index in [1.54, 1.807) is 0 Å². The van der Waals surface area contributed by atoms with Crippen LogP contribution in [0.2, 0.25) is 0 Å². The van der Waals surface area contributed by atoms with Crippen LogP contribution in [0.4, 0.5) is 5.69 Å². The molecule has 0 radical (unpaired) electrons. The molecular weight excluding hydrogens is 1020 g/mol. The zero-order valence-corrected chi connectivity index (χ0v) is 45.4. The van der Waals surface area contributed by atoms with E-state index in [-0.39, 0.29) is 12.1 Å². The number of hydrogen-bond acceptors (Lipinski definition) is 5. The van der Waals surface area contributed by atoms with Gasteiger partial charge in [-0.15, -0.1) is 0 Å². The number of amidine groups is 1. The zero-order chi connectivity index (χ0) is 55.0. The van der Waals surface area contributed by atoms with Gasteiger partial charge < -0.3 is 4.90 Å². The number of aromatic nitrogens is 4. The molecule has 84 heavy (non-hydrogen) atoms. The van der Waals surface area contributed by atoms with Crippen molar-refractivity contribution in [3.63, 3.8) is 0 Å². The van der Waals surface area contributed by atoms with E-state index in [4.69, 9.17) is 19.9 Å². The van der Waals surface area contributed by atoms with Crippen LogP contribution in [0.5, 0.6) is 0 Å². The number of para-hydroxylation sites is 2. The Morgan fingerprint density at radius 2 is 0.905 bits per heavy atom. The first-order valence-corrected chi connectivity index (χ1v) is 28.8. The Morgan fingerprint density at radius 3 is 1.60 bits per heavy atom. The molecular formula is C78H48N6. The molecule has 0 bridgehead atoms. The second-order valence-corrected chi connectivity index (χ2v) is 22.4. The van der Waals surface area contributed by atoms with Crippen LogP contribution in [0.15, 0.2) is 284 Å². The quantitative estimate of drug-likeness (QED) is 0.142. The second kappa shape index (κ2) is 18.2. The van der Waals surface area contributed by atoms with Crippen molar-refractivity contribution in [1.29, 1.82) is 0 Å². The van der Waals surface area contributed by atoms with Gasteiger partial charge in [-0.25, -0.2) is 15.0 Å². The van der Waals surface area contributed by atoms with Crippen LogP contribution in [-0.2, 0) is 0 Å². The fraction of sp³-hybridized carbons (Fsp3) is 0.0256. The Balaban J connectivity index is 0.892. The van der Waals surface area contributed by atoms with E-state index in [1.807, 2.05) is 6.07 Å². The molecule has 2 aromatic heterocycles. The Labute approximate surface area is 483 Å². The van der Waals surface area contributed by atoms with Crippen molar-refractivity contribution in [3.05, 3.63) is 285 Å². The minimum Gasteiger partial charge on any atom is -0.317 e. The molecule has 3 heterocycles. The molecule has 0 fully saturated rings. The number of allylic oxidation sites excluding steroid dienone is 2. The predicted molar refractivity (Wildman–Crippen MR) is 350 cm³/mol. The van der Waals surface area contributed by atoms with Crippen LogP contribution in [0.3, 0.4) is 0 Å². The third kappa shape index (κ3) is 7.10. The number of rotatable bonds is 8. The monoisotopic (exact) mass is 1070 g/mol. The lowest BCUT2D eigenvalue weighted by Gasteiger charge is -2.29. The average Bonchev–Trinajstić information content (AvgIpc) is 3.53. The summed E-state index contributed by atoms with van der Waals surface area (Å²) in [5.74, 6) is 2.49. The molecule has 6 heteroatoms. The summed E-state index contributed by atoms with van der Waals surface area (Å²) in [6.07, 6.45) is 8.73. The lowest BCUT2D eigenvalue weighted by molar-refractivity contribution is 0.739. The van der Waals surface area contributed by atoms with Crippen LogP contribution in [0.25, 0.3) is 149 Å². The molecule has 0 saturated carbocycles. The van der Waals surface area contributed by atoms with Crippen molar-refractivity contribution >= 4 is 98.1 Å². The van der Waals surface area contributed by atoms with Crippen molar-refractivity contribution in [2.24, 2.45) is 4.99 Å². The molecule has 0 amide bonds. The minimum atomic E-state index is 0.0124. The fourth-order valence-electron chi connectivity index (χ4n) is 13.9. The number of aliphatic imine (C=N–C) groups is 1. The summed E-state index contributed by atoms with van der Waals surface area (Å²) in [6.45, 7) is 0. The Kier molecular flexibility index (Phi) is 10.1. The number of fused-ring (bicyclic) bond motifs is 3. The predicted octanol–water partition coefficient (Wildman–Crippen LogP) is 19.2. The molecule has 0 N–H and O–H groups in total. The molecule has 14 aromatic carbocycles. The van der Waals surface area contributed by atoms with Gasteiger partial charge in [0.15, 0.2) is 5.82 Å². The summed E-state index contributed by atoms with van der Waals surface area (Å²) < 4.78 is 2.25. The van der Waals surface area contributed by atoms with E-state index in [0.717, 1.165) is 95.2 Å². The molecule has 6 nitrogen and oxygen atoms in total. The number of nitrogens with zero attached hydrogens (tertiary/aromatic N) is 6. The largest absolute Gasteiger partial charge is 0.317 e. The third-order valence-electron chi connectivity index (χ3n) is 17.8. The molecule has 1 aliphatic carbocycles. The van der Waals surface area contributed by atoms with Crippen molar-refractivity contribution in [3.8, 4) is 62.0 Å². The van der Waals surface area contributed by atoms with Gasteiger partial charge in [-0.1, -0.05) is 218 Å². The molecule has 0 spiro atoms. The lowest BCUT2D eigenvalue weighted by Crippen LogP contribution is -2.39. The van der Waals surface area contributed by atoms with Gasteiger partial charge in [-0.2, -0.15) is 0 Å². The van der Waals surface area contributed by atoms with Crippen LogP contribution >= 0.6 is 0 Å². The normalized spacial score (nSPS) is 15.1. The van der Waals surface area contributed by atoms with Gasteiger partial charge in [-0.3, -0.25) is 9.56 Å². The Morgan fingerprint density at radius 1 is 0.345 bits per heavy atom. The summed E-state index contributed by atoms with van der Waals surface area (Å²) in [5, 5.41) is 15.9. The summed E-state index contributed by atoms with van der Waals surface area (Å²) in [7, 11) is 0. The van der Waals surface area contributed by atoms with Crippen molar-refractivity contribution in [1.82, 2.24) is 19.5 Å². The highest BCUT2D eigenvalue weighted by Crippen LogP contribution is 2.47. The number of hydrogen-bond donors (Lipinski definition) is 0. The topological polar surface area (TPSA) is 59.2 Å². The van der Waals surface area contributed by atoms with Gasteiger partial charge in [0.2, 0.25) is 0 Å². The average molecular weight is 1070 g/mol. The zero-order valence-electron chi connectivity index (χ0n) is 45.4. The summed E-state index contributed by atoms with van der Waals surface area (Å²) in [5.41, 5.74) is 14.2. The highest BCUT2D eigenvalue weighted by Gasteiger charge is 2.36. The lowest BCUT2D eigenvalue weighted by atomic mass is 9.86. The number of imidazole rings is 1. The summed E-state index contributed by atoms with van der Waals surface area (Å²) >= 11 is 0. The van der Waals surface area contributed by atoms with Gasteiger partial charge in [-0.05, 0) is 142 Å². The SMILES string of the molecule is C1=CC2N=C(c3ccccc3)N(c3ccc(-c4nc(-c5ccc(-n6c(-c7ccccc7)nc7ccccc76)cc5)nc5c(-c6ccc7ccc8cccc9ccc6c7c89)cc(-c6ccc7ccc8cccc9ccc6c7c89)cc45)cc3)C2C=C1. The van der Waals surface area contributed by atoms with E-state index in [2.05, 4.69) is 282 Å². The highest BCUT2D eigenvalue weighted by atomic mass is 15.3. The van der Waals surface area contributed by atoms with Crippen molar-refractivity contribution < 1.29 is 0 Å². The first-order valence-electron chi connectivity index (χ1n) is 28.8. The molecule has 390 valence electrons. The first kappa shape index (κ1) is 46.6. The molecule has 1 aliphatic heterocycles. The second-order valence-electron chi connectivity index (χ2n) is 22.4. The van der Waals surface area contributed by atoms with Gasteiger partial charge in [0, 0.05) is 44.6 Å². The Hall–Kier alpha value is -11.1. The maximum Gasteiger partial charge on any atom is 0.160 e.